The Labute approximate surface area is 89.4 Å². The molecule has 0 N–H and O–H groups in total. The molecule has 1 aromatic carbocycles. The van der Waals surface area contributed by atoms with Gasteiger partial charge in [-0.2, -0.15) is 5.11 Å². The van der Waals surface area contributed by atoms with E-state index in [2.05, 4.69) is 47.4 Å². The number of benzene rings is 1. The van der Waals surface area contributed by atoms with Crippen LogP contribution in [0.2, 0.25) is 0 Å². The molecule has 0 bridgehead atoms. The van der Waals surface area contributed by atoms with E-state index in [-0.39, 0.29) is 0 Å². The lowest BCUT2D eigenvalue weighted by atomic mass is 10.1. The molecule has 0 saturated carbocycles. The molecule has 2 rings (SSSR count). The Kier molecular flexibility index (Phi) is 3.03. The van der Waals surface area contributed by atoms with Crippen LogP contribution in [0.4, 0.5) is 0 Å². The molecule has 0 saturated heterocycles. The van der Waals surface area contributed by atoms with E-state index in [9.17, 15) is 0 Å². The molecule has 14 heavy (non-hydrogen) atoms. The molecule has 0 radical (unpaired) electrons. The molecule has 1 aliphatic heterocycles. The van der Waals surface area contributed by atoms with E-state index >= 15 is 0 Å². The first-order valence-electron chi connectivity index (χ1n) is 4.76. The fourth-order valence-corrected chi connectivity index (χ4v) is 1.77. The summed E-state index contributed by atoms with van der Waals surface area (Å²) < 4.78 is 1.66. The second-order valence-corrected chi connectivity index (χ2v) is 3.82. The number of hydrogen-bond acceptors (Lipinski definition) is 4. The second kappa shape index (κ2) is 4.46. The quantitative estimate of drug-likeness (QED) is 0.758. The van der Waals surface area contributed by atoms with Crippen molar-refractivity contribution in [2.45, 2.75) is 18.9 Å². The fraction of sp³-hybridized carbons (Fsp3) is 0.400. The molecule has 0 aromatic heterocycles. The molecule has 1 atom stereocenters. The summed E-state index contributed by atoms with van der Waals surface area (Å²) in [6, 6.07) is 10.8. The molecule has 1 unspecified atom stereocenters. The summed E-state index contributed by atoms with van der Waals surface area (Å²) >= 11 is 4.21. The van der Waals surface area contributed by atoms with Gasteiger partial charge in [-0.1, -0.05) is 35.6 Å². The smallest absolute Gasteiger partial charge is 0.0852 e. The highest BCUT2D eigenvalue weighted by atomic mass is 32.1. The molecule has 74 valence electrons. The van der Waals surface area contributed by atoms with Crippen LogP contribution in [0.3, 0.4) is 0 Å². The summed E-state index contributed by atoms with van der Waals surface area (Å²) in [5, 5.41) is 7.78. The van der Waals surface area contributed by atoms with Crippen LogP contribution in [0.1, 0.15) is 12.0 Å². The summed E-state index contributed by atoms with van der Waals surface area (Å²) in [6.07, 6.45) is 2.12. The van der Waals surface area contributed by atoms with E-state index in [0.717, 1.165) is 19.4 Å². The molecule has 0 fully saturated rings. The van der Waals surface area contributed by atoms with Crippen molar-refractivity contribution in [3.05, 3.63) is 35.9 Å². The Morgan fingerprint density at radius 2 is 2.14 bits per heavy atom. The Balaban J connectivity index is 1.83. The molecular weight excluding hydrogens is 194 g/mol. The first-order chi connectivity index (χ1) is 6.86. The monoisotopic (exact) mass is 207 g/mol. The van der Waals surface area contributed by atoms with Gasteiger partial charge in [-0.25, -0.2) is 4.41 Å². The molecule has 1 aromatic rings. The van der Waals surface area contributed by atoms with Gasteiger partial charge in [-0.05, 0) is 31.2 Å². The molecular formula is C10H13N3S. The number of thiol groups is 1. The maximum absolute atomic E-state index is 4.21. The largest absolute Gasteiger partial charge is 0.219 e. The molecule has 0 spiro atoms. The van der Waals surface area contributed by atoms with E-state index in [1.165, 1.54) is 5.56 Å². The first-order valence-corrected chi connectivity index (χ1v) is 5.16. The van der Waals surface area contributed by atoms with E-state index in [0.29, 0.717) is 6.04 Å². The Morgan fingerprint density at radius 3 is 2.79 bits per heavy atom. The lowest BCUT2D eigenvalue weighted by molar-refractivity contribution is 0.403. The zero-order chi connectivity index (χ0) is 9.80. The Bertz CT molecular complexity index is 312. The minimum Gasteiger partial charge on any atom is -0.219 e. The average Bonchev–Trinajstić information content (AvgIpc) is 2.63. The van der Waals surface area contributed by atoms with Crippen molar-refractivity contribution >= 4 is 12.8 Å². The van der Waals surface area contributed by atoms with Gasteiger partial charge in [0.05, 0.1) is 12.6 Å². The fourth-order valence-electron chi connectivity index (χ4n) is 1.53. The predicted octanol–water partition coefficient (Wildman–Crippen LogP) is 2.52. The average molecular weight is 207 g/mol. The van der Waals surface area contributed by atoms with Crippen molar-refractivity contribution in [2.75, 3.05) is 6.54 Å². The lowest BCUT2D eigenvalue weighted by Gasteiger charge is -2.14. The minimum absolute atomic E-state index is 0.360. The van der Waals surface area contributed by atoms with Crippen LogP contribution in [0.25, 0.3) is 0 Å². The van der Waals surface area contributed by atoms with E-state index in [1.54, 1.807) is 4.41 Å². The van der Waals surface area contributed by atoms with E-state index in [1.807, 2.05) is 6.07 Å². The van der Waals surface area contributed by atoms with Crippen molar-refractivity contribution in [1.82, 2.24) is 4.41 Å². The zero-order valence-corrected chi connectivity index (χ0v) is 8.77. The molecule has 3 nitrogen and oxygen atoms in total. The molecule has 1 aliphatic rings. The normalized spacial score (nSPS) is 20.4. The van der Waals surface area contributed by atoms with E-state index < -0.39 is 0 Å². The predicted molar refractivity (Wildman–Crippen MR) is 59.1 cm³/mol. The topological polar surface area (TPSA) is 28.0 Å². The summed E-state index contributed by atoms with van der Waals surface area (Å²) in [5.74, 6) is 0. The van der Waals surface area contributed by atoms with Crippen LogP contribution in [0.5, 0.6) is 0 Å². The van der Waals surface area contributed by atoms with Crippen molar-refractivity contribution in [3.8, 4) is 0 Å². The van der Waals surface area contributed by atoms with Gasteiger partial charge in [0.25, 0.3) is 0 Å². The van der Waals surface area contributed by atoms with Crippen LogP contribution in [0.15, 0.2) is 40.7 Å². The Hall–Kier alpha value is -1.03. The maximum atomic E-state index is 4.21. The number of hydrogen-bond donors (Lipinski definition) is 1. The van der Waals surface area contributed by atoms with Crippen LogP contribution >= 0.6 is 12.8 Å². The molecule has 1 heterocycles. The van der Waals surface area contributed by atoms with Crippen molar-refractivity contribution in [3.63, 3.8) is 0 Å². The Morgan fingerprint density at radius 1 is 1.36 bits per heavy atom. The number of nitrogens with zero attached hydrogens (tertiary/aromatic N) is 3. The van der Waals surface area contributed by atoms with Gasteiger partial charge in [-0.3, -0.25) is 0 Å². The van der Waals surface area contributed by atoms with Crippen molar-refractivity contribution < 1.29 is 0 Å². The first kappa shape index (κ1) is 9.52. The third-order valence-corrected chi connectivity index (χ3v) is 2.79. The third-order valence-electron chi connectivity index (χ3n) is 2.38. The SMILES string of the molecule is SN1N=NCC1CCc1ccccc1. The van der Waals surface area contributed by atoms with Crippen molar-refractivity contribution in [2.24, 2.45) is 10.3 Å². The number of rotatable bonds is 3. The summed E-state index contributed by atoms with van der Waals surface area (Å²) in [5.41, 5.74) is 1.36. The van der Waals surface area contributed by atoms with Gasteiger partial charge in [0.2, 0.25) is 0 Å². The van der Waals surface area contributed by atoms with Crippen LogP contribution < -0.4 is 0 Å². The highest BCUT2D eigenvalue weighted by Gasteiger charge is 2.18. The molecule has 0 amide bonds. The molecule has 0 aliphatic carbocycles. The van der Waals surface area contributed by atoms with E-state index in [4.69, 9.17) is 0 Å². The van der Waals surface area contributed by atoms with Crippen LogP contribution in [0, 0.1) is 0 Å². The summed E-state index contributed by atoms with van der Waals surface area (Å²) in [6.45, 7) is 0.774. The standard InChI is InChI=1S/C10H13N3S/c14-13-10(8-11-12-13)7-6-9-4-2-1-3-5-9/h1-5,10,14H,6-8H2. The van der Waals surface area contributed by atoms with Crippen LogP contribution in [-0.2, 0) is 6.42 Å². The minimum atomic E-state index is 0.360. The van der Waals surface area contributed by atoms with Crippen molar-refractivity contribution in [1.29, 1.82) is 0 Å². The molecule has 4 heteroatoms. The van der Waals surface area contributed by atoms with Gasteiger partial charge in [0.1, 0.15) is 0 Å². The van der Waals surface area contributed by atoms with Gasteiger partial charge in [0, 0.05) is 0 Å². The highest BCUT2D eigenvalue weighted by Crippen LogP contribution is 2.17. The second-order valence-electron chi connectivity index (χ2n) is 3.41. The summed E-state index contributed by atoms with van der Waals surface area (Å²) in [4.78, 5) is 0. The zero-order valence-electron chi connectivity index (χ0n) is 7.87. The summed E-state index contributed by atoms with van der Waals surface area (Å²) in [7, 11) is 0. The maximum Gasteiger partial charge on any atom is 0.0852 e. The number of aryl methyl sites for hydroxylation is 1. The van der Waals surface area contributed by atoms with Gasteiger partial charge in [0.15, 0.2) is 0 Å². The van der Waals surface area contributed by atoms with Crippen LogP contribution in [-0.4, -0.2) is 17.0 Å². The highest BCUT2D eigenvalue weighted by molar-refractivity contribution is 7.77. The van der Waals surface area contributed by atoms with Gasteiger partial charge < -0.3 is 0 Å². The van der Waals surface area contributed by atoms with Gasteiger partial charge >= 0.3 is 0 Å². The lowest BCUT2D eigenvalue weighted by Crippen LogP contribution is -2.21. The van der Waals surface area contributed by atoms with Gasteiger partial charge in [-0.15, -0.1) is 0 Å². The third kappa shape index (κ3) is 2.26.